The van der Waals surface area contributed by atoms with E-state index in [1.54, 1.807) is 11.8 Å². The third-order valence-electron chi connectivity index (χ3n) is 3.42. The maximum atomic E-state index is 12.1. The summed E-state index contributed by atoms with van der Waals surface area (Å²) in [5, 5.41) is 12.7. The molecule has 0 radical (unpaired) electrons. The Labute approximate surface area is 130 Å². The predicted octanol–water partition coefficient (Wildman–Crippen LogP) is 1.82. The Morgan fingerprint density at radius 3 is 2.71 bits per heavy atom. The summed E-state index contributed by atoms with van der Waals surface area (Å²) in [6.07, 6.45) is -0.634. The van der Waals surface area contributed by atoms with Crippen LogP contribution in [-0.2, 0) is 15.3 Å². The Morgan fingerprint density at radius 1 is 1.38 bits per heavy atom. The van der Waals surface area contributed by atoms with Gasteiger partial charge in [0.1, 0.15) is 5.60 Å². The van der Waals surface area contributed by atoms with Crippen molar-refractivity contribution >= 4 is 17.7 Å². The number of thioether (sulfide) groups is 1. The lowest BCUT2D eigenvalue weighted by atomic mass is 10.1. The summed E-state index contributed by atoms with van der Waals surface area (Å²) in [7, 11) is 0. The van der Waals surface area contributed by atoms with Crippen molar-refractivity contribution in [3.05, 3.63) is 35.9 Å². The molecule has 2 rings (SSSR count). The zero-order valence-electron chi connectivity index (χ0n) is 12.5. The number of ether oxygens (including phenoxy) is 1. The molecule has 4 nitrogen and oxygen atoms in total. The monoisotopic (exact) mass is 309 g/mol. The highest BCUT2D eigenvalue weighted by Crippen LogP contribution is 2.23. The van der Waals surface area contributed by atoms with Gasteiger partial charge >= 0.3 is 5.97 Å². The van der Waals surface area contributed by atoms with Crippen molar-refractivity contribution in [2.24, 2.45) is 5.92 Å². The van der Waals surface area contributed by atoms with Crippen LogP contribution in [-0.4, -0.2) is 41.6 Å². The standard InChI is InChI=1S/C16H23NO3S/c1-16(2,11-21-10-12-6-4-3-5-7-12)20-15(19)13-8-17-9-14(13)18/h3-7,13-14,17-18H,8-11H2,1-2H3. The molecule has 1 aromatic carbocycles. The number of β-amino-alcohol motifs (C(OH)–C–C–N with tert-alkyl or cyclic N) is 1. The molecule has 2 atom stereocenters. The van der Waals surface area contributed by atoms with Crippen molar-refractivity contribution in [3.8, 4) is 0 Å². The average molecular weight is 309 g/mol. The number of nitrogens with one attached hydrogen (secondary N) is 1. The fraction of sp³-hybridized carbons (Fsp3) is 0.562. The van der Waals surface area contributed by atoms with Gasteiger partial charge in [-0.15, -0.1) is 0 Å². The topological polar surface area (TPSA) is 58.6 Å². The van der Waals surface area contributed by atoms with E-state index in [0.717, 1.165) is 11.5 Å². The summed E-state index contributed by atoms with van der Waals surface area (Å²) in [6.45, 7) is 4.78. The Bertz CT molecular complexity index is 464. The quantitative estimate of drug-likeness (QED) is 0.785. The van der Waals surface area contributed by atoms with E-state index in [1.165, 1.54) is 5.56 Å². The van der Waals surface area contributed by atoms with Crippen molar-refractivity contribution in [2.75, 3.05) is 18.8 Å². The first-order valence-corrected chi connectivity index (χ1v) is 8.37. The van der Waals surface area contributed by atoms with Gasteiger partial charge in [-0.3, -0.25) is 4.79 Å². The largest absolute Gasteiger partial charge is 0.458 e. The normalized spacial score (nSPS) is 22.2. The highest BCUT2D eigenvalue weighted by molar-refractivity contribution is 7.98. The molecule has 1 saturated heterocycles. The molecule has 5 heteroatoms. The van der Waals surface area contributed by atoms with Crippen LogP contribution >= 0.6 is 11.8 Å². The van der Waals surface area contributed by atoms with Gasteiger partial charge in [-0.05, 0) is 19.4 Å². The van der Waals surface area contributed by atoms with E-state index in [1.807, 2.05) is 32.0 Å². The van der Waals surface area contributed by atoms with Crippen LogP contribution in [0.1, 0.15) is 19.4 Å². The second-order valence-corrected chi connectivity index (χ2v) is 6.98. The van der Waals surface area contributed by atoms with Gasteiger partial charge < -0.3 is 15.2 Å². The third-order valence-corrected chi connectivity index (χ3v) is 4.86. The molecule has 0 amide bonds. The molecule has 0 aliphatic carbocycles. The van der Waals surface area contributed by atoms with Gasteiger partial charge in [0.2, 0.25) is 0 Å². The highest BCUT2D eigenvalue weighted by Gasteiger charge is 2.35. The summed E-state index contributed by atoms with van der Waals surface area (Å²) >= 11 is 1.74. The van der Waals surface area contributed by atoms with Crippen molar-refractivity contribution < 1.29 is 14.6 Å². The number of aliphatic hydroxyl groups is 1. The molecule has 2 unspecified atom stereocenters. The Morgan fingerprint density at radius 2 is 2.10 bits per heavy atom. The Balaban J connectivity index is 1.77. The third kappa shape index (κ3) is 5.02. The summed E-state index contributed by atoms with van der Waals surface area (Å²) in [4.78, 5) is 12.1. The van der Waals surface area contributed by atoms with Gasteiger partial charge in [-0.2, -0.15) is 11.8 Å². The highest BCUT2D eigenvalue weighted by atomic mass is 32.2. The average Bonchev–Trinajstić information content (AvgIpc) is 2.85. The molecule has 1 heterocycles. The van der Waals surface area contributed by atoms with Crippen molar-refractivity contribution in [3.63, 3.8) is 0 Å². The zero-order valence-corrected chi connectivity index (χ0v) is 13.4. The van der Waals surface area contributed by atoms with Crippen LogP contribution in [0, 0.1) is 5.92 Å². The molecule has 0 aromatic heterocycles. The van der Waals surface area contributed by atoms with E-state index >= 15 is 0 Å². The van der Waals surface area contributed by atoms with Gasteiger partial charge in [0.05, 0.1) is 12.0 Å². The number of hydrogen-bond acceptors (Lipinski definition) is 5. The van der Waals surface area contributed by atoms with Gasteiger partial charge in [-0.25, -0.2) is 0 Å². The van der Waals surface area contributed by atoms with E-state index in [-0.39, 0.29) is 5.97 Å². The van der Waals surface area contributed by atoms with E-state index in [4.69, 9.17) is 4.74 Å². The minimum absolute atomic E-state index is 0.308. The van der Waals surface area contributed by atoms with Gasteiger partial charge in [0.25, 0.3) is 0 Å². The number of rotatable bonds is 6. The summed E-state index contributed by atoms with van der Waals surface area (Å²) < 4.78 is 5.57. The van der Waals surface area contributed by atoms with E-state index in [2.05, 4.69) is 17.4 Å². The summed E-state index contributed by atoms with van der Waals surface area (Å²) in [5.41, 5.74) is 0.735. The predicted molar refractivity (Wildman–Crippen MR) is 85.1 cm³/mol. The molecule has 1 aliphatic rings. The van der Waals surface area contributed by atoms with Crippen LogP contribution in [0.25, 0.3) is 0 Å². The first kappa shape index (κ1) is 16.3. The number of carbonyl (C=O) groups excluding carboxylic acids is 1. The molecule has 0 saturated carbocycles. The number of benzene rings is 1. The van der Waals surface area contributed by atoms with E-state index in [0.29, 0.717) is 13.1 Å². The van der Waals surface area contributed by atoms with E-state index < -0.39 is 17.6 Å². The Kier molecular flexibility index (Phi) is 5.67. The van der Waals surface area contributed by atoms with Crippen molar-refractivity contribution in [1.82, 2.24) is 5.32 Å². The van der Waals surface area contributed by atoms with Crippen molar-refractivity contribution in [2.45, 2.75) is 31.3 Å². The van der Waals surface area contributed by atoms with E-state index in [9.17, 15) is 9.90 Å². The maximum absolute atomic E-state index is 12.1. The number of aliphatic hydroxyl groups excluding tert-OH is 1. The van der Waals surface area contributed by atoms with Crippen LogP contribution in [0.4, 0.5) is 0 Å². The van der Waals surface area contributed by atoms with Crippen LogP contribution in [0.15, 0.2) is 30.3 Å². The fourth-order valence-corrected chi connectivity index (χ4v) is 3.35. The SMILES string of the molecule is CC(C)(CSCc1ccccc1)OC(=O)C1CNCC1O. The summed E-state index contributed by atoms with van der Waals surface area (Å²) in [6, 6.07) is 10.2. The lowest BCUT2D eigenvalue weighted by Gasteiger charge is -2.27. The second-order valence-electron chi connectivity index (χ2n) is 5.99. The van der Waals surface area contributed by atoms with Crippen LogP contribution < -0.4 is 5.32 Å². The smallest absolute Gasteiger partial charge is 0.313 e. The van der Waals surface area contributed by atoms with Crippen molar-refractivity contribution in [1.29, 1.82) is 0 Å². The molecule has 1 aromatic rings. The second kappa shape index (κ2) is 7.29. The number of hydrogen-bond donors (Lipinski definition) is 2. The summed E-state index contributed by atoms with van der Waals surface area (Å²) in [5.74, 6) is 0.875. The van der Waals surface area contributed by atoms with Crippen LogP contribution in [0.3, 0.4) is 0 Å². The number of esters is 1. The lowest BCUT2D eigenvalue weighted by Crippen LogP contribution is -2.37. The molecule has 2 N–H and O–H groups in total. The van der Waals surface area contributed by atoms with Crippen LogP contribution in [0.2, 0.25) is 0 Å². The first-order chi connectivity index (χ1) is 9.98. The minimum atomic E-state index is -0.634. The zero-order chi connectivity index (χ0) is 15.3. The molecule has 0 spiro atoms. The number of carbonyl (C=O) groups is 1. The molecular formula is C16H23NO3S. The first-order valence-electron chi connectivity index (χ1n) is 7.21. The van der Waals surface area contributed by atoms with Gasteiger partial charge in [-0.1, -0.05) is 30.3 Å². The molecule has 21 heavy (non-hydrogen) atoms. The molecule has 1 fully saturated rings. The van der Waals surface area contributed by atoms with Crippen LogP contribution in [0.5, 0.6) is 0 Å². The van der Waals surface area contributed by atoms with Gasteiger partial charge in [0.15, 0.2) is 0 Å². The minimum Gasteiger partial charge on any atom is -0.458 e. The van der Waals surface area contributed by atoms with Gasteiger partial charge in [0, 0.05) is 24.6 Å². The molecule has 116 valence electrons. The fourth-order valence-electron chi connectivity index (χ4n) is 2.27. The molecular weight excluding hydrogens is 286 g/mol. The molecule has 1 aliphatic heterocycles. The molecule has 0 bridgehead atoms. The lowest BCUT2D eigenvalue weighted by molar-refractivity contribution is -0.161. The maximum Gasteiger partial charge on any atom is 0.313 e. The Hall–Kier alpha value is -1.04.